The van der Waals surface area contributed by atoms with Crippen molar-refractivity contribution in [2.24, 2.45) is 5.92 Å². The van der Waals surface area contributed by atoms with Crippen molar-refractivity contribution in [2.75, 3.05) is 16.8 Å². The molecule has 21 heavy (non-hydrogen) atoms. The zero-order chi connectivity index (χ0) is 14.8. The second-order valence-corrected chi connectivity index (χ2v) is 5.99. The lowest BCUT2D eigenvalue weighted by Gasteiger charge is -2.17. The molecule has 1 aromatic carbocycles. The Morgan fingerprint density at radius 3 is 2.95 bits per heavy atom. The van der Waals surface area contributed by atoms with E-state index in [9.17, 15) is 9.59 Å². The van der Waals surface area contributed by atoms with Crippen LogP contribution in [0.3, 0.4) is 0 Å². The number of hydrogen-bond donors (Lipinski definition) is 1. The molecule has 1 fully saturated rings. The molecule has 0 unspecified atom stereocenters. The van der Waals surface area contributed by atoms with Crippen molar-refractivity contribution < 1.29 is 9.59 Å². The third-order valence-electron chi connectivity index (χ3n) is 3.30. The van der Waals surface area contributed by atoms with Gasteiger partial charge in [0.2, 0.25) is 11.8 Å². The molecule has 3 rings (SSSR count). The van der Waals surface area contributed by atoms with Gasteiger partial charge in [0, 0.05) is 24.5 Å². The number of thiazole rings is 1. The van der Waals surface area contributed by atoms with E-state index in [0.29, 0.717) is 22.4 Å². The molecule has 1 atom stereocenters. The number of halogens is 1. The lowest BCUT2D eigenvalue weighted by Crippen LogP contribution is -2.28. The van der Waals surface area contributed by atoms with E-state index in [0.717, 1.165) is 0 Å². The van der Waals surface area contributed by atoms with Gasteiger partial charge in [0.1, 0.15) is 0 Å². The maximum Gasteiger partial charge on any atom is 0.231 e. The summed E-state index contributed by atoms with van der Waals surface area (Å²) in [7, 11) is 0. The molecule has 0 spiro atoms. The van der Waals surface area contributed by atoms with Gasteiger partial charge in [-0.05, 0) is 12.1 Å². The Hall–Kier alpha value is -1.92. The van der Waals surface area contributed by atoms with Crippen molar-refractivity contribution >= 4 is 45.6 Å². The summed E-state index contributed by atoms with van der Waals surface area (Å²) in [6, 6.07) is 7.13. The Balaban J connectivity index is 1.73. The number of aromatic nitrogens is 1. The Morgan fingerprint density at radius 2 is 2.24 bits per heavy atom. The maximum atomic E-state index is 12.2. The minimum atomic E-state index is -0.391. The molecule has 1 N–H and O–H groups in total. The number of nitrogens with zero attached hydrogens (tertiary/aromatic N) is 2. The summed E-state index contributed by atoms with van der Waals surface area (Å²) in [5.74, 6) is -0.673. The predicted octanol–water partition coefficient (Wildman–Crippen LogP) is 2.79. The van der Waals surface area contributed by atoms with Gasteiger partial charge in [-0.25, -0.2) is 4.98 Å². The van der Waals surface area contributed by atoms with E-state index in [1.165, 1.54) is 11.3 Å². The Labute approximate surface area is 130 Å². The first-order chi connectivity index (χ1) is 10.1. The fourth-order valence-corrected chi connectivity index (χ4v) is 3.05. The number of anilines is 2. The quantitative estimate of drug-likeness (QED) is 0.945. The average molecular weight is 322 g/mol. The van der Waals surface area contributed by atoms with Crippen molar-refractivity contribution in [3.63, 3.8) is 0 Å². The molecule has 0 radical (unpaired) electrons. The van der Waals surface area contributed by atoms with Crippen molar-refractivity contribution in [3.05, 3.63) is 40.9 Å². The molecule has 5 nitrogen and oxygen atoms in total. The topological polar surface area (TPSA) is 62.3 Å². The zero-order valence-corrected chi connectivity index (χ0v) is 12.5. The van der Waals surface area contributed by atoms with E-state index in [1.807, 2.05) is 6.07 Å². The van der Waals surface area contributed by atoms with E-state index in [-0.39, 0.29) is 18.2 Å². The summed E-state index contributed by atoms with van der Waals surface area (Å²) < 4.78 is 0. The SMILES string of the molecule is O=C(Nc1nccs1)[C@@H]1CC(=O)N(c2ccccc2Cl)C1. The van der Waals surface area contributed by atoms with Gasteiger partial charge < -0.3 is 10.2 Å². The second kappa shape index (κ2) is 5.83. The summed E-state index contributed by atoms with van der Waals surface area (Å²) >= 11 is 7.46. The number of carbonyl (C=O) groups is 2. The lowest BCUT2D eigenvalue weighted by atomic mass is 10.1. The number of rotatable bonds is 3. The largest absolute Gasteiger partial charge is 0.310 e. The number of amides is 2. The molecular formula is C14H12ClN3O2S. The molecule has 1 aliphatic heterocycles. The normalized spacial score (nSPS) is 18.0. The summed E-state index contributed by atoms with van der Waals surface area (Å²) in [5, 5.41) is 5.56. The van der Waals surface area contributed by atoms with Crippen LogP contribution in [0.2, 0.25) is 5.02 Å². The summed E-state index contributed by atoms with van der Waals surface area (Å²) in [6.45, 7) is 0.333. The highest BCUT2D eigenvalue weighted by Crippen LogP contribution is 2.31. The van der Waals surface area contributed by atoms with Crippen molar-refractivity contribution in [2.45, 2.75) is 6.42 Å². The van der Waals surface area contributed by atoms with Crippen LogP contribution in [-0.4, -0.2) is 23.3 Å². The molecule has 0 aliphatic carbocycles. The highest BCUT2D eigenvalue weighted by atomic mass is 35.5. The van der Waals surface area contributed by atoms with Crippen molar-refractivity contribution in [1.82, 2.24) is 4.98 Å². The Morgan fingerprint density at radius 1 is 1.43 bits per heavy atom. The van der Waals surface area contributed by atoms with Crippen LogP contribution in [0, 0.1) is 5.92 Å². The molecule has 0 saturated carbocycles. The van der Waals surface area contributed by atoms with Crippen LogP contribution in [0.5, 0.6) is 0 Å². The Bertz CT molecular complexity index is 675. The van der Waals surface area contributed by atoms with Crippen LogP contribution in [0.15, 0.2) is 35.8 Å². The number of benzene rings is 1. The van der Waals surface area contributed by atoms with Gasteiger partial charge in [0.15, 0.2) is 5.13 Å². The van der Waals surface area contributed by atoms with Gasteiger partial charge in [0.05, 0.1) is 16.6 Å². The summed E-state index contributed by atoms with van der Waals surface area (Å²) in [6.07, 6.45) is 1.80. The summed E-state index contributed by atoms with van der Waals surface area (Å²) in [4.78, 5) is 29.9. The zero-order valence-electron chi connectivity index (χ0n) is 11.0. The van der Waals surface area contributed by atoms with E-state index < -0.39 is 5.92 Å². The fourth-order valence-electron chi connectivity index (χ4n) is 2.28. The lowest BCUT2D eigenvalue weighted by molar-refractivity contribution is -0.122. The van der Waals surface area contributed by atoms with Gasteiger partial charge in [-0.1, -0.05) is 23.7 Å². The predicted molar refractivity (Wildman–Crippen MR) is 82.7 cm³/mol. The number of hydrogen-bond acceptors (Lipinski definition) is 4. The minimum Gasteiger partial charge on any atom is -0.310 e. The highest BCUT2D eigenvalue weighted by molar-refractivity contribution is 7.13. The van der Waals surface area contributed by atoms with Gasteiger partial charge >= 0.3 is 0 Å². The van der Waals surface area contributed by atoms with Gasteiger partial charge in [-0.2, -0.15) is 0 Å². The third-order valence-corrected chi connectivity index (χ3v) is 4.31. The van der Waals surface area contributed by atoms with E-state index in [4.69, 9.17) is 11.6 Å². The van der Waals surface area contributed by atoms with Crippen molar-refractivity contribution in [3.8, 4) is 0 Å². The molecular weight excluding hydrogens is 310 g/mol. The number of para-hydroxylation sites is 1. The van der Waals surface area contributed by atoms with Crippen LogP contribution >= 0.6 is 22.9 Å². The number of nitrogens with one attached hydrogen (secondary N) is 1. The summed E-state index contributed by atoms with van der Waals surface area (Å²) in [5.41, 5.74) is 0.647. The van der Waals surface area contributed by atoms with Crippen LogP contribution < -0.4 is 10.2 Å². The monoisotopic (exact) mass is 321 g/mol. The van der Waals surface area contributed by atoms with Crippen LogP contribution in [-0.2, 0) is 9.59 Å². The molecule has 2 aromatic rings. The van der Waals surface area contributed by atoms with Crippen LogP contribution in [0.4, 0.5) is 10.8 Å². The smallest absolute Gasteiger partial charge is 0.231 e. The molecule has 1 aromatic heterocycles. The molecule has 1 aliphatic rings. The first-order valence-corrected chi connectivity index (χ1v) is 7.66. The highest BCUT2D eigenvalue weighted by Gasteiger charge is 2.36. The number of carbonyl (C=O) groups excluding carboxylic acids is 2. The fraction of sp³-hybridized carbons (Fsp3) is 0.214. The van der Waals surface area contributed by atoms with E-state index in [1.54, 1.807) is 34.7 Å². The standard InChI is InChI=1S/C14H12ClN3O2S/c15-10-3-1-2-4-11(10)18-8-9(7-12(18)19)13(20)17-14-16-5-6-21-14/h1-6,9H,7-8H2,(H,16,17,20)/t9-/m1/s1. The van der Waals surface area contributed by atoms with Crippen molar-refractivity contribution in [1.29, 1.82) is 0 Å². The van der Waals surface area contributed by atoms with E-state index >= 15 is 0 Å². The molecule has 108 valence electrons. The first-order valence-electron chi connectivity index (χ1n) is 6.40. The first kappa shape index (κ1) is 14.0. The maximum absolute atomic E-state index is 12.2. The molecule has 0 bridgehead atoms. The minimum absolute atomic E-state index is 0.0950. The molecule has 7 heteroatoms. The van der Waals surface area contributed by atoms with Gasteiger partial charge in [-0.15, -0.1) is 11.3 Å². The molecule has 2 amide bonds. The second-order valence-electron chi connectivity index (χ2n) is 4.68. The van der Waals surface area contributed by atoms with Crippen LogP contribution in [0.25, 0.3) is 0 Å². The molecule has 2 heterocycles. The van der Waals surface area contributed by atoms with Gasteiger partial charge in [-0.3, -0.25) is 9.59 Å². The molecule has 1 saturated heterocycles. The van der Waals surface area contributed by atoms with Gasteiger partial charge in [0.25, 0.3) is 0 Å². The third kappa shape index (κ3) is 2.91. The van der Waals surface area contributed by atoms with E-state index in [2.05, 4.69) is 10.3 Å². The average Bonchev–Trinajstić information content (AvgIpc) is 3.09. The Kier molecular flexibility index (Phi) is 3.90. The van der Waals surface area contributed by atoms with Crippen LogP contribution in [0.1, 0.15) is 6.42 Å².